The number of hydrogen-bond acceptors (Lipinski definition) is 3. The van der Waals surface area contributed by atoms with Crippen molar-refractivity contribution in [2.75, 3.05) is 0 Å². The molecule has 0 N–H and O–H groups in total. The molecule has 0 radical (unpaired) electrons. The average molecular weight is 192 g/mol. The van der Waals surface area contributed by atoms with E-state index in [1.165, 1.54) is 6.07 Å². The fraction of sp³-hybridized carbons (Fsp3) is 0.167. The Kier molecular flexibility index (Phi) is 2.76. The molecule has 1 heterocycles. The van der Waals surface area contributed by atoms with Crippen LogP contribution in [0.3, 0.4) is 0 Å². The van der Waals surface area contributed by atoms with Gasteiger partial charge in [-0.05, 0) is 12.1 Å². The van der Waals surface area contributed by atoms with Gasteiger partial charge in [0.05, 0.1) is 9.21 Å². The van der Waals surface area contributed by atoms with Crippen molar-refractivity contribution in [2.24, 2.45) is 4.99 Å². The number of hydrogen-bond donors (Lipinski definition) is 0. The van der Waals surface area contributed by atoms with Crippen molar-refractivity contribution < 1.29 is 9.18 Å². The molecule has 1 aromatic heterocycles. The van der Waals surface area contributed by atoms with Crippen molar-refractivity contribution in [2.45, 2.75) is 6.30 Å². The first-order valence-corrected chi connectivity index (χ1v) is 3.90. The predicted octanol–water partition coefficient (Wildman–Crippen LogP) is 2.71. The molecule has 0 amide bonds. The van der Waals surface area contributed by atoms with Gasteiger partial charge in [0.1, 0.15) is 0 Å². The Hall–Kier alpha value is -0.700. The van der Waals surface area contributed by atoms with Gasteiger partial charge in [0, 0.05) is 0 Å². The lowest BCUT2D eigenvalue weighted by Crippen LogP contribution is -1.79. The highest BCUT2D eigenvalue weighted by molar-refractivity contribution is 7.16. The summed E-state index contributed by atoms with van der Waals surface area (Å²) in [6.07, 6.45) is -0.482. The molecular formula is C6H3ClFNOS. The van der Waals surface area contributed by atoms with Gasteiger partial charge in [-0.25, -0.2) is 9.18 Å². The van der Waals surface area contributed by atoms with Crippen LogP contribution in [0.15, 0.2) is 17.1 Å². The molecule has 0 bridgehead atoms. The van der Waals surface area contributed by atoms with E-state index >= 15 is 0 Å². The number of alkyl halides is 1. The maximum atomic E-state index is 12.7. The van der Waals surface area contributed by atoms with Gasteiger partial charge in [0.25, 0.3) is 0 Å². The number of halogens is 2. The summed E-state index contributed by atoms with van der Waals surface area (Å²) in [6.45, 7) is 0. The van der Waals surface area contributed by atoms with Crippen LogP contribution in [0.1, 0.15) is 11.2 Å². The quantitative estimate of drug-likeness (QED) is 0.402. The fourth-order valence-electron chi connectivity index (χ4n) is 0.566. The third kappa shape index (κ3) is 2.12. The van der Waals surface area contributed by atoms with Crippen LogP contribution in [0.4, 0.5) is 4.39 Å². The maximum absolute atomic E-state index is 12.7. The van der Waals surface area contributed by atoms with Gasteiger partial charge < -0.3 is 0 Å². The second-order valence-corrected chi connectivity index (χ2v) is 3.44. The zero-order valence-corrected chi connectivity index (χ0v) is 6.82. The first kappa shape index (κ1) is 8.40. The van der Waals surface area contributed by atoms with E-state index in [4.69, 9.17) is 11.6 Å². The standard InChI is InChI=1S/C6H3ClFNOS/c7-5-2-1-4(11-5)6(8)9-3-10/h1-2,6H. The fourth-order valence-corrected chi connectivity index (χ4v) is 1.54. The normalized spacial score (nSPS) is 12.2. The van der Waals surface area contributed by atoms with Crippen LogP contribution < -0.4 is 0 Å². The minimum atomic E-state index is -1.62. The molecule has 1 aromatic rings. The molecule has 1 rings (SSSR count). The number of carbonyl (C=O) groups excluding carboxylic acids is 1. The van der Waals surface area contributed by atoms with Crippen molar-refractivity contribution in [1.82, 2.24) is 0 Å². The van der Waals surface area contributed by atoms with E-state index < -0.39 is 6.30 Å². The number of aliphatic imine (C=N–C) groups is 1. The third-order valence-corrected chi connectivity index (χ3v) is 2.25. The Bertz CT molecular complexity index is 295. The van der Waals surface area contributed by atoms with Crippen LogP contribution in [0, 0.1) is 0 Å². The summed E-state index contributed by atoms with van der Waals surface area (Å²) in [6, 6.07) is 3.03. The predicted molar refractivity (Wildman–Crippen MR) is 41.3 cm³/mol. The van der Waals surface area contributed by atoms with E-state index in [0.29, 0.717) is 9.21 Å². The van der Waals surface area contributed by atoms with Gasteiger partial charge in [-0.15, -0.1) is 11.3 Å². The van der Waals surface area contributed by atoms with Crippen molar-refractivity contribution >= 4 is 29.0 Å². The zero-order valence-electron chi connectivity index (χ0n) is 5.25. The number of nitrogens with zero attached hydrogens (tertiary/aromatic N) is 1. The Balaban J connectivity index is 2.84. The lowest BCUT2D eigenvalue weighted by atomic mass is 10.4. The topological polar surface area (TPSA) is 29.4 Å². The average Bonchev–Trinajstić information content (AvgIpc) is 2.36. The lowest BCUT2D eigenvalue weighted by molar-refractivity contribution is 0.362. The van der Waals surface area contributed by atoms with Gasteiger partial charge >= 0.3 is 0 Å². The van der Waals surface area contributed by atoms with Gasteiger partial charge in [-0.3, -0.25) is 0 Å². The van der Waals surface area contributed by atoms with Crippen LogP contribution in [0.25, 0.3) is 0 Å². The summed E-state index contributed by atoms with van der Waals surface area (Å²) in [5.74, 6) is 0. The molecule has 2 nitrogen and oxygen atoms in total. The summed E-state index contributed by atoms with van der Waals surface area (Å²) < 4.78 is 13.1. The van der Waals surface area contributed by atoms with E-state index in [-0.39, 0.29) is 0 Å². The van der Waals surface area contributed by atoms with Crippen LogP contribution in [-0.4, -0.2) is 6.08 Å². The van der Waals surface area contributed by atoms with Crippen LogP contribution in [0.5, 0.6) is 0 Å². The van der Waals surface area contributed by atoms with Crippen molar-refractivity contribution in [3.8, 4) is 0 Å². The van der Waals surface area contributed by atoms with E-state index in [9.17, 15) is 9.18 Å². The van der Waals surface area contributed by atoms with Crippen molar-refractivity contribution in [3.05, 3.63) is 21.3 Å². The molecule has 0 spiro atoms. The third-order valence-electron chi connectivity index (χ3n) is 0.995. The highest BCUT2D eigenvalue weighted by Crippen LogP contribution is 2.29. The summed E-state index contributed by atoms with van der Waals surface area (Å²) in [7, 11) is 0. The van der Waals surface area contributed by atoms with Crippen molar-refractivity contribution in [1.29, 1.82) is 0 Å². The number of rotatable bonds is 2. The van der Waals surface area contributed by atoms with Gasteiger partial charge in [-0.2, -0.15) is 4.99 Å². The molecular weight excluding hydrogens is 189 g/mol. The molecule has 0 aromatic carbocycles. The molecule has 58 valence electrons. The molecule has 0 fully saturated rings. The highest BCUT2D eigenvalue weighted by Gasteiger charge is 2.09. The Morgan fingerprint density at radius 3 is 2.91 bits per heavy atom. The van der Waals surface area contributed by atoms with Crippen LogP contribution in [-0.2, 0) is 4.79 Å². The summed E-state index contributed by atoms with van der Waals surface area (Å²) >= 11 is 6.57. The molecule has 0 aliphatic carbocycles. The first-order chi connectivity index (χ1) is 5.24. The molecule has 0 saturated carbocycles. The zero-order chi connectivity index (χ0) is 8.27. The number of isocyanates is 1. The maximum Gasteiger partial charge on any atom is 0.238 e. The minimum absolute atomic E-state index is 0.318. The molecule has 5 heteroatoms. The summed E-state index contributed by atoms with van der Waals surface area (Å²) in [4.78, 5) is 12.8. The van der Waals surface area contributed by atoms with Gasteiger partial charge in [0.15, 0.2) is 0 Å². The van der Waals surface area contributed by atoms with Crippen LogP contribution in [0.2, 0.25) is 4.34 Å². The van der Waals surface area contributed by atoms with E-state index in [1.807, 2.05) is 0 Å². The van der Waals surface area contributed by atoms with E-state index in [0.717, 1.165) is 17.4 Å². The number of thiophene rings is 1. The SMILES string of the molecule is O=C=NC(F)c1ccc(Cl)s1. The van der Waals surface area contributed by atoms with Crippen LogP contribution >= 0.6 is 22.9 Å². The van der Waals surface area contributed by atoms with Gasteiger partial charge in [-0.1, -0.05) is 11.6 Å². The molecule has 11 heavy (non-hydrogen) atoms. The molecule has 0 saturated heterocycles. The summed E-state index contributed by atoms with van der Waals surface area (Å²) in [5, 5.41) is 0. The van der Waals surface area contributed by atoms with E-state index in [2.05, 4.69) is 4.99 Å². The molecule has 1 unspecified atom stereocenters. The highest BCUT2D eigenvalue weighted by atomic mass is 35.5. The Labute approximate surface area is 71.3 Å². The summed E-state index contributed by atoms with van der Waals surface area (Å²) in [5.41, 5.74) is 0. The van der Waals surface area contributed by atoms with E-state index in [1.54, 1.807) is 6.07 Å². The lowest BCUT2D eigenvalue weighted by Gasteiger charge is -1.92. The minimum Gasteiger partial charge on any atom is -0.215 e. The van der Waals surface area contributed by atoms with Gasteiger partial charge in [0.2, 0.25) is 12.4 Å². The largest absolute Gasteiger partial charge is 0.238 e. The second-order valence-electron chi connectivity index (χ2n) is 1.70. The molecule has 0 aliphatic rings. The van der Waals surface area contributed by atoms with Crippen molar-refractivity contribution in [3.63, 3.8) is 0 Å². The molecule has 0 aliphatic heterocycles. The Morgan fingerprint density at radius 1 is 1.73 bits per heavy atom. The second kappa shape index (κ2) is 3.62. The smallest absolute Gasteiger partial charge is 0.215 e. The first-order valence-electron chi connectivity index (χ1n) is 2.70. The molecule has 1 atom stereocenters. The Morgan fingerprint density at radius 2 is 2.45 bits per heavy atom. The monoisotopic (exact) mass is 191 g/mol.